The molecule has 0 amide bonds. The fraction of sp³-hybridized carbons (Fsp3) is 0.667. The lowest BCUT2D eigenvalue weighted by atomic mass is 9.95. The summed E-state index contributed by atoms with van der Waals surface area (Å²) < 4.78 is 2.53. The number of nitrogens with zero attached hydrogens (tertiary/aromatic N) is 6. The number of aromatic nitrogens is 4. The number of hydrogen-bond acceptors (Lipinski definition) is 5. The zero-order valence-electron chi connectivity index (χ0n) is 16.1. The molecule has 2 aliphatic heterocycles. The summed E-state index contributed by atoms with van der Waals surface area (Å²) in [6, 6.07) is 6.86. The van der Waals surface area contributed by atoms with Crippen molar-refractivity contribution in [2.24, 2.45) is 0 Å². The smallest absolute Gasteiger partial charge is 0.147 e. The second-order valence-electron chi connectivity index (χ2n) is 8.43. The van der Waals surface area contributed by atoms with E-state index >= 15 is 0 Å². The van der Waals surface area contributed by atoms with E-state index in [-0.39, 0.29) is 0 Å². The Morgan fingerprint density at radius 1 is 0.852 bits per heavy atom. The topological polar surface area (TPSA) is 50.1 Å². The lowest BCUT2D eigenvalue weighted by molar-refractivity contribution is 0.197. The molecule has 1 saturated carbocycles. The Balaban J connectivity index is 1.25. The maximum Gasteiger partial charge on any atom is 0.147 e. The van der Waals surface area contributed by atoms with Gasteiger partial charge in [-0.05, 0) is 76.8 Å². The molecule has 27 heavy (non-hydrogen) atoms. The first-order valence-electron chi connectivity index (χ1n) is 10.6. The molecule has 4 heterocycles. The summed E-state index contributed by atoms with van der Waals surface area (Å²) in [5, 5.41) is 9.36. The molecule has 0 aromatic carbocycles. The van der Waals surface area contributed by atoms with Gasteiger partial charge in [-0.25, -0.2) is 0 Å². The number of likely N-dealkylation sites (tertiary alicyclic amines) is 2. The van der Waals surface area contributed by atoms with Crippen LogP contribution in [-0.4, -0.2) is 55.7 Å². The summed E-state index contributed by atoms with van der Waals surface area (Å²) in [7, 11) is 0. The molecule has 6 nitrogen and oxygen atoms in total. The average Bonchev–Trinajstić information content (AvgIpc) is 3.25. The first-order chi connectivity index (χ1) is 13.4. The van der Waals surface area contributed by atoms with Crippen molar-refractivity contribution < 1.29 is 0 Å². The van der Waals surface area contributed by atoms with Crippen molar-refractivity contribution in [3.63, 3.8) is 0 Å². The predicted molar refractivity (Wildman–Crippen MR) is 104 cm³/mol. The van der Waals surface area contributed by atoms with E-state index in [9.17, 15) is 0 Å². The largest absolute Gasteiger partial charge is 0.311 e. The van der Waals surface area contributed by atoms with Gasteiger partial charge in [0.05, 0.1) is 12.2 Å². The fourth-order valence-corrected chi connectivity index (χ4v) is 4.66. The minimum Gasteiger partial charge on any atom is -0.311 e. The summed E-state index contributed by atoms with van der Waals surface area (Å²) in [5.74, 6) is 3.04. The molecule has 0 bridgehead atoms. The van der Waals surface area contributed by atoms with Gasteiger partial charge in [0.1, 0.15) is 11.6 Å². The van der Waals surface area contributed by atoms with Gasteiger partial charge in [-0.3, -0.25) is 14.8 Å². The van der Waals surface area contributed by atoms with Crippen LogP contribution in [0, 0.1) is 0 Å². The van der Waals surface area contributed by atoms with E-state index in [0.29, 0.717) is 12.0 Å². The molecular weight excluding hydrogens is 336 g/mol. The molecule has 0 atom stereocenters. The lowest BCUT2D eigenvalue weighted by Crippen LogP contribution is -2.33. The van der Waals surface area contributed by atoms with Crippen LogP contribution in [0.1, 0.15) is 67.8 Å². The van der Waals surface area contributed by atoms with Crippen molar-refractivity contribution in [2.45, 2.75) is 63.6 Å². The zero-order valence-corrected chi connectivity index (χ0v) is 16.1. The normalized spacial score (nSPS) is 22.5. The number of hydrogen-bond donors (Lipinski definition) is 0. The van der Waals surface area contributed by atoms with Crippen molar-refractivity contribution in [1.29, 1.82) is 0 Å². The molecule has 0 spiro atoms. The molecule has 5 rings (SSSR count). The SMILES string of the molecule is c1ccc(CN2CCC(c3nnc(CN4CCCC4)n3C3CC3)CC2)nc1. The fourth-order valence-electron chi connectivity index (χ4n) is 4.66. The third-order valence-electron chi connectivity index (χ3n) is 6.33. The molecule has 2 aromatic rings. The van der Waals surface area contributed by atoms with Crippen LogP contribution < -0.4 is 0 Å². The first kappa shape index (κ1) is 17.3. The molecule has 0 radical (unpaired) electrons. The standard InChI is InChI=1S/C21H30N6/c1-2-10-22-18(5-1)15-26-13-8-17(9-14-26)21-24-23-20(27(21)19-6-7-19)16-25-11-3-4-12-25/h1-2,5,10,17,19H,3-4,6-9,11-16H2. The van der Waals surface area contributed by atoms with Crippen LogP contribution in [0.25, 0.3) is 0 Å². The third kappa shape index (κ3) is 3.92. The summed E-state index contributed by atoms with van der Waals surface area (Å²) in [6.45, 7) is 6.64. The van der Waals surface area contributed by atoms with Crippen molar-refractivity contribution in [1.82, 2.24) is 29.5 Å². The van der Waals surface area contributed by atoms with Gasteiger partial charge >= 0.3 is 0 Å². The van der Waals surface area contributed by atoms with Crippen molar-refractivity contribution >= 4 is 0 Å². The van der Waals surface area contributed by atoms with Crippen LogP contribution in [0.4, 0.5) is 0 Å². The van der Waals surface area contributed by atoms with Gasteiger partial charge in [-0.1, -0.05) is 6.07 Å². The minimum atomic E-state index is 0.561. The Hall–Kier alpha value is -1.79. The number of pyridine rings is 1. The van der Waals surface area contributed by atoms with Crippen LogP contribution in [0.5, 0.6) is 0 Å². The monoisotopic (exact) mass is 366 g/mol. The van der Waals surface area contributed by atoms with Crippen LogP contribution in [0.3, 0.4) is 0 Å². The van der Waals surface area contributed by atoms with E-state index in [2.05, 4.69) is 36.6 Å². The van der Waals surface area contributed by atoms with Gasteiger partial charge in [0.25, 0.3) is 0 Å². The van der Waals surface area contributed by atoms with E-state index in [1.54, 1.807) is 0 Å². The molecule has 0 unspecified atom stereocenters. The van der Waals surface area contributed by atoms with Crippen LogP contribution in [0.15, 0.2) is 24.4 Å². The van der Waals surface area contributed by atoms with E-state index < -0.39 is 0 Å². The molecule has 2 aromatic heterocycles. The summed E-state index contributed by atoms with van der Waals surface area (Å²) in [6.07, 6.45) is 9.52. The highest BCUT2D eigenvalue weighted by molar-refractivity contribution is 5.10. The highest BCUT2D eigenvalue weighted by Crippen LogP contribution is 2.40. The van der Waals surface area contributed by atoms with Gasteiger partial charge in [0.15, 0.2) is 0 Å². The zero-order chi connectivity index (χ0) is 18.1. The Morgan fingerprint density at radius 2 is 1.63 bits per heavy atom. The summed E-state index contributed by atoms with van der Waals surface area (Å²) in [5.41, 5.74) is 1.17. The highest BCUT2D eigenvalue weighted by Gasteiger charge is 2.34. The van der Waals surface area contributed by atoms with E-state index in [1.165, 1.54) is 69.0 Å². The van der Waals surface area contributed by atoms with Crippen LogP contribution in [-0.2, 0) is 13.1 Å². The van der Waals surface area contributed by atoms with E-state index in [0.717, 1.165) is 26.2 Å². The molecule has 3 fully saturated rings. The van der Waals surface area contributed by atoms with Gasteiger partial charge in [0, 0.05) is 24.7 Å². The van der Waals surface area contributed by atoms with E-state index in [4.69, 9.17) is 5.10 Å². The summed E-state index contributed by atoms with van der Waals surface area (Å²) >= 11 is 0. The number of piperidine rings is 1. The van der Waals surface area contributed by atoms with Crippen molar-refractivity contribution in [3.05, 3.63) is 41.7 Å². The first-order valence-corrected chi connectivity index (χ1v) is 10.6. The van der Waals surface area contributed by atoms with Gasteiger partial charge in [-0.15, -0.1) is 10.2 Å². The third-order valence-corrected chi connectivity index (χ3v) is 6.33. The van der Waals surface area contributed by atoms with Gasteiger partial charge < -0.3 is 4.57 Å². The second-order valence-corrected chi connectivity index (χ2v) is 8.43. The second kappa shape index (κ2) is 7.68. The van der Waals surface area contributed by atoms with Crippen molar-refractivity contribution in [2.75, 3.05) is 26.2 Å². The molecular formula is C21H30N6. The Labute approximate surface area is 161 Å². The van der Waals surface area contributed by atoms with Gasteiger partial charge in [-0.2, -0.15) is 0 Å². The molecule has 2 saturated heterocycles. The maximum atomic E-state index is 4.71. The minimum absolute atomic E-state index is 0.561. The maximum absolute atomic E-state index is 4.71. The van der Waals surface area contributed by atoms with Crippen LogP contribution in [0.2, 0.25) is 0 Å². The molecule has 1 aliphatic carbocycles. The Morgan fingerprint density at radius 3 is 2.33 bits per heavy atom. The molecule has 0 N–H and O–H groups in total. The average molecular weight is 367 g/mol. The van der Waals surface area contributed by atoms with Crippen LogP contribution >= 0.6 is 0 Å². The molecule has 6 heteroatoms. The predicted octanol–water partition coefficient (Wildman–Crippen LogP) is 2.98. The Kier molecular flexibility index (Phi) is 4.93. The van der Waals surface area contributed by atoms with Gasteiger partial charge in [0.2, 0.25) is 0 Å². The molecule has 144 valence electrons. The summed E-state index contributed by atoms with van der Waals surface area (Å²) in [4.78, 5) is 9.55. The lowest BCUT2D eigenvalue weighted by Gasteiger charge is -2.31. The Bertz CT molecular complexity index is 739. The number of rotatable bonds is 6. The van der Waals surface area contributed by atoms with Crippen molar-refractivity contribution in [3.8, 4) is 0 Å². The highest BCUT2D eigenvalue weighted by atomic mass is 15.3. The van der Waals surface area contributed by atoms with E-state index in [1.807, 2.05) is 12.3 Å². The quantitative estimate of drug-likeness (QED) is 0.787. The molecule has 3 aliphatic rings.